The Labute approximate surface area is 111 Å². The predicted octanol–water partition coefficient (Wildman–Crippen LogP) is 2.33. The van der Waals surface area contributed by atoms with Gasteiger partial charge in [0.1, 0.15) is 12.6 Å². The maximum atomic E-state index is 11.5. The van der Waals surface area contributed by atoms with E-state index in [4.69, 9.17) is 9.84 Å². The third kappa shape index (κ3) is 5.72. The highest BCUT2D eigenvalue weighted by Crippen LogP contribution is 2.02. The molecule has 19 heavy (non-hydrogen) atoms. The number of hydrogen-bond acceptors (Lipinski definition) is 3. The van der Waals surface area contributed by atoms with Crippen LogP contribution in [0.5, 0.6) is 0 Å². The normalized spacial score (nSPS) is 11.4. The van der Waals surface area contributed by atoms with Crippen LogP contribution in [0.25, 0.3) is 0 Å². The molecule has 0 fully saturated rings. The van der Waals surface area contributed by atoms with E-state index in [-0.39, 0.29) is 6.61 Å². The number of rotatable bonds is 7. The Morgan fingerprint density at radius 3 is 2.63 bits per heavy atom. The van der Waals surface area contributed by atoms with E-state index < -0.39 is 18.1 Å². The molecule has 1 atom stereocenters. The zero-order valence-electron chi connectivity index (χ0n) is 10.5. The summed E-state index contributed by atoms with van der Waals surface area (Å²) >= 11 is 0. The maximum absolute atomic E-state index is 11.5. The lowest BCUT2D eigenvalue weighted by Gasteiger charge is -2.13. The molecule has 0 aliphatic rings. The molecule has 0 spiro atoms. The van der Waals surface area contributed by atoms with Crippen LogP contribution in [0.15, 0.2) is 43.0 Å². The van der Waals surface area contributed by atoms with Gasteiger partial charge in [-0.25, -0.2) is 9.59 Å². The van der Waals surface area contributed by atoms with Gasteiger partial charge in [0, 0.05) is 0 Å². The summed E-state index contributed by atoms with van der Waals surface area (Å²) < 4.78 is 4.95. The van der Waals surface area contributed by atoms with Gasteiger partial charge in [-0.2, -0.15) is 0 Å². The minimum atomic E-state index is -1.08. The van der Waals surface area contributed by atoms with E-state index in [9.17, 15) is 9.59 Å². The minimum Gasteiger partial charge on any atom is -0.480 e. The molecule has 0 saturated heterocycles. The molecule has 1 aromatic rings. The van der Waals surface area contributed by atoms with Crippen molar-refractivity contribution in [3.63, 3.8) is 0 Å². The summed E-state index contributed by atoms with van der Waals surface area (Å²) in [7, 11) is 0. The summed E-state index contributed by atoms with van der Waals surface area (Å²) in [6, 6.07) is 8.21. The van der Waals surface area contributed by atoms with Gasteiger partial charge in [-0.05, 0) is 18.4 Å². The second kappa shape index (κ2) is 7.92. The van der Waals surface area contributed by atoms with Gasteiger partial charge >= 0.3 is 12.1 Å². The van der Waals surface area contributed by atoms with Gasteiger partial charge in [0.15, 0.2) is 0 Å². The molecule has 0 radical (unpaired) electrons. The summed E-state index contributed by atoms with van der Waals surface area (Å²) in [5, 5.41) is 11.2. The van der Waals surface area contributed by atoms with Crippen molar-refractivity contribution in [1.29, 1.82) is 0 Å². The lowest BCUT2D eigenvalue weighted by molar-refractivity contribution is -0.139. The van der Waals surface area contributed by atoms with Gasteiger partial charge in [0.2, 0.25) is 0 Å². The maximum Gasteiger partial charge on any atom is 0.408 e. The molecule has 1 unspecified atom stereocenters. The fourth-order valence-electron chi connectivity index (χ4n) is 1.45. The van der Waals surface area contributed by atoms with Gasteiger partial charge < -0.3 is 15.2 Å². The van der Waals surface area contributed by atoms with Gasteiger partial charge in [0.05, 0.1) is 0 Å². The molecular weight excluding hydrogens is 246 g/mol. The Bertz CT molecular complexity index is 430. The summed E-state index contributed by atoms with van der Waals surface area (Å²) in [6.07, 6.45) is 1.67. The molecule has 1 rings (SSSR count). The van der Waals surface area contributed by atoms with Gasteiger partial charge in [-0.1, -0.05) is 36.4 Å². The fraction of sp³-hybridized carbons (Fsp3) is 0.286. The topological polar surface area (TPSA) is 75.6 Å². The Kier molecular flexibility index (Phi) is 6.15. The molecule has 0 aliphatic carbocycles. The van der Waals surface area contributed by atoms with Crippen molar-refractivity contribution in [3.8, 4) is 0 Å². The highest BCUT2D eigenvalue weighted by atomic mass is 16.5. The molecular formula is C14H17NO4. The second-order valence-electron chi connectivity index (χ2n) is 3.96. The molecule has 102 valence electrons. The molecule has 5 heteroatoms. The standard InChI is InChI=1S/C14H17NO4/c1-2-3-9-12(13(16)17)15-14(18)19-10-11-7-5-4-6-8-11/h2,4-8,12H,1,3,9-10H2,(H,15,18)(H,16,17). The monoisotopic (exact) mass is 263 g/mol. The van der Waals surface area contributed by atoms with E-state index in [0.717, 1.165) is 5.56 Å². The van der Waals surface area contributed by atoms with Crippen molar-refractivity contribution in [2.75, 3.05) is 0 Å². The number of carbonyl (C=O) groups is 2. The van der Waals surface area contributed by atoms with Crippen LogP contribution in [0.2, 0.25) is 0 Å². The molecule has 0 aliphatic heterocycles. The largest absolute Gasteiger partial charge is 0.480 e. The van der Waals surface area contributed by atoms with Crippen LogP contribution < -0.4 is 5.32 Å². The van der Waals surface area contributed by atoms with Gasteiger partial charge in [-0.15, -0.1) is 6.58 Å². The predicted molar refractivity (Wildman–Crippen MR) is 70.6 cm³/mol. The summed E-state index contributed by atoms with van der Waals surface area (Å²) in [4.78, 5) is 22.4. The third-order valence-corrected chi connectivity index (χ3v) is 2.46. The third-order valence-electron chi connectivity index (χ3n) is 2.46. The van der Waals surface area contributed by atoms with Gasteiger partial charge in [-0.3, -0.25) is 0 Å². The van der Waals surface area contributed by atoms with Crippen LogP contribution in [0.3, 0.4) is 0 Å². The number of benzene rings is 1. The second-order valence-corrected chi connectivity index (χ2v) is 3.96. The average molecular weight is 263 g/mol. The van der Waals surface area contributed by atoms with E-state index in [1.165, 1.54) is 0 Å². The number of carboxylic acids is 1. The number of allylic oxidation sites excluding steroid dienone is 1. The van der Waals surface area contributed by atoms with E-state index >= 15 is 0 Å². The number of carboxylic acid groups (broad SMARTS) is 1. The van der Waals surface area contributed by atoms with Crippen LogP contribution >= 0.6 is 0 Å². The molecule has 0 heterocycles. The molecule has 0 saturated carbocycles. The van der Waals surface area contributed by atoms with Crippen molar-refractivity contribution < 1.29 is 19.4 Å². The van der Waals surface area contributed by atoms with Crippen molar-refractivity contribution in [2.24, 2.45) is 0 Å². The summed E-state index contributed by atoms with van der Waals surface area (Å²) in [6.45, 7) is 3.62. The smallest absolute Gasteiger partial charge is 0.408 e. The first-order chi connectivity index (χ1) is 9.13. The van der Waals surface area contributed by atoms with Crippen LogP contribution in [0.4, 0.5) is 4.79 Å². The van der Waals surface area contributed by atoms with E-state index in [1.807, 2.05) is 30.3 Å². The number of amides is 1. The van der Waals surface area contributed by atoms with Crippen LogP contribution in [-0.4, -0.2) is 23.2 Å². The van der Waals surface area contributed by atoms with E-state index in [2.05, 4.69) is 11.9 Å². The SMILES string of the molecule is C=CCCC(NC(=O)OCc1ccccc1)C(=O)O. The zero-order chi connectivity index (χ0) is 14.1. The Morgan fingerprint density at radius 2 is 2.05 bits per heavy atom. The number of alkyl carbamates (subject to hydrolysis) is 1. The first-order valence-corrected chi connectivity index (χ1v) is 5.94. The van der Waals surface area contributed by atoms with Gasteiger partial charge in [0.25, 0.3) is 0 Å². The molecule has 1 amide bonds. The first-order valence-electron chi connectivity index (χ1n) is 5.94. The Morgan fingerprint density at radius 1 is 1.37 bits per heavy atom. The summed E-state index contributed by atoms with van der Waals surface area (Å²) in [5.41, 5.74) is 0.843. The van der Waals surface area contributed by atoms with Crippen molar-refractivity contribution in [1.82, 2.24) is 5.32 Å². The summed E-state index contributed by atoms with van der Waals surface area (Å²) in [5.74, 6) is -1.08. The Hall–Kier alpha value is -2.30. The number of nitrogens with one attached hydrogen (secondary N) is 1. The first kappa shape index (κ1) is 14.8. The molecule has 0 aromatic heterocycles. The average Bonchev–Trinajstić information content (AvgIpc) is 2.42. The molecule has 5 nitrogen and oxygen atoms in total. The van der Waals surface area contributed by atoms with Crippen LogP contribution in [-0.2, 0) is 16.1 Å². The van der Waals surface area contributed by atoms with Crippen molar-refractivity contribution in [2.45, 2.75) is 25.5 Å². The quantitative estimate of drug-likeness (QED) is 0.740. The van der Waals surface area contributed by atoms with Crippen molar-refractivity contribution in [3.05, 3.63) is 48.6 Å². The molecule has 1 aromatic carbocycles. The molecule has 0 bridgehead atoms. The van der Waals surface area contributed by atoms with E-state index in [1.54, 1.807) is 6.08 Å². The highest BCUT2D eigenvalue weighted by molar-refractivity contribution is 5.79. The van der Waals surface area contributed by atoms with Crippen LogP contribution in [0, 0.1) is 0 Å². The van der Waals surface area contributed by atoms with Crippen molar-refractivity contribution >= 4 is 12.1 Å². The fourth-order valence-corrected chi connectivity index (χ4v) is 1.45. The Balaban J connectivity index is 2.40. The number of aliphatic carboxylic acids is 1. The van der Waals surface area contributed by atoms with Crippen LogP contribution in [0.1, 0.15) is 18.4 Å². The minimum absolute atomic E-state index is 0.112. The number of hydrogen-bond donors (Lipinski definition) is 2. The molecule has 2 N–H and O–H groups in total. The number of ether oxygens (including phenoxy) is 1. The number of carbonyl (C=O) groups excluding carboxylic acids is 1. The highest BCUT2D eigenvalue weighted by Gasteiger charge is 2.19. The zero-order valence-corrected chi connectivity index (χ0v) is 10.5. The lowest BCUT2D eigenvalue weighted by Crippen LogP contribution is -2.40. The van der Waals surface area contributed by atoms with E-state index in [0.29, 0.717) is 12.8 Å². The lowest BCUT2D eigenvalue weighted by atomic mass is 10.1.